The second-order valence-electron chi connectivity index (χ2n) is 5.11. The van der Waals surface area contributed by atoms with E-state index in [1.165, 1.54) is 4.90 Å². The van der Waals surface area contributed by atoms with Crippen LogP contribution in [0.1, 0.15) is 12.8 Å². The SMILES string of the molecule is O=C(O)N1CCC[C@H](Nc2ncc3cc(Br)ccc3n2)C1. The second kappa shape index (κ2) is 5.85. The van der Waals surface area contributed by atoms with E-state index in [1.54, 1.807) is 6.20 Å². The summed E-state index contributed by atoms with van der Waals surface area (Å²) in [5, 5.41) is 13.2. The lowest BCUT2D eigenvalue weighted by Crippen LogP contribution is -2.44. The minimum absolute atomic E-state index is 0.0581. The van der Waals surface area contributed by atoms with E-state index >= 15 is 0 Å². The first-order valence-electron chi connectivity index (χ1n) is 6.78. The first-order valence-corrected chi connectivity index (χ1v) is 7.58. The summed E-state index contributed by atoms with van der Waals surface area (Å²) in [4.78, 5) is 21.2. The third-order valence-electron chi connectivity index (χ3n) is 3.57. The van der Waals surface area contributed by atoms with Gasteiger partial charge in [0.05, 0.1) is 5.52 Å². The maximum atomic E-state index is 11.0. The van der Waals surface area contributed by atoms with Gasteiger partial charge in [0, 0.05) is 35.2 Å². The van der Waals surface area contributed by atoms with Crippen LogP contribution in [0.3, 0.4) is 0 Å². The van der Waals surface area contributed by atoms with Crippen LogP contribution in [0.4, 0.5) is 10.7 Å². The number of hydrogen-bond acceptors (Lipinski definition) is 4. The Morgan fingerprint density at radius 1 is 1.48 bits per heavy atom. The van der Waals surface area contributed by atoms with Crippen LogP contribution in [0.25, 0.3) is 10.9 Å². The summed E-state index contributed by atoms with van der Waals surface area (Å²) < 4.78 is 0.990. The van der Waals surface area contributed by atoms with Crippen LogP contribution in [0.15, 0.2) is 28.9 Å². The lowest BCUT2D eigenvalue weighted by atomic mass is 10.1. The number of nitrogens with one attached hydrogen (secondary N) is 1. The Labute approximate surface area is 130 Å². The molecule has 1 aromatic carbocycles. The smallest absolute Gasteiger partial charge is 0.407 e. The number of aromatic nitrogens is 2. The molecule has 0 bridgehead atoms. The van der Waals surface area contributed by atoms with Gasteiger partial charge in [0.2, 0.25) is 5.95 Å². The molecule has 0 unspecified atom stereocenters. The van der Waals surface area contributed by atoms with E-state index in [1.807, 2.05) is 18.2 Å². The molecule has 1 aliphatic rings. The molecule has 1 saturated heterocycles. The van der Waals surface area contributed by atoms with Gasteiger partial charge in [-0.25, -0.2) is 14.8 Å². The van der Waals surface area contributed by atoms with Gasteiger partial charge < -0.3 is 15.3 Å². The number of likely N-dealkylation sites (tertiary alicyclic amines) is 1. The lowest BCUT2D eigenvalue weighted by molar-refractivity contribution is 0.132. The van der Waals surface area contributed by atoms with E-state index in [0.717, 1.165) is 28.2 Å². The first-order chi connectivity index (χ1) is 10.1. The van der Waals surface area contributed by atoms with Gasteiger partial charge in [-0.3, -0.25) is 0 Å². The maximum Gasteiger partial charge on any atom is 0.407 e. The van der Waals surface area contributed by atoms with Crippen molar-refractivity contribution in [3.8, 4) is 0 Å². The molecular weight excluding hydrogens is 336 g/mol. The zero-order chi connectivity index (χ0) is 14.8. The summed E-state index contributed by atoms with van der Waals surface area (Å²) >= 11 is 3.42. The molecule has 0 aliphatic carbocycles. The van der Waals surface area contributed by atoms with Crippen LogP contribution in [0, 0.1) is 0 Å². The minimum atomic E-state index is -0.870. The Kier molecular flexibility index (Phi) is 3.92. The molecular formula is C14H15BrN4O2. The zero-order valence-corrected chi connectivity index (χ0v) is 12.9. The molecule has 1 amide bonds. The van der Waals surface area contributed by atoms with Gasteiger partial charge in [-0.2, -0.15) is 0 Å². The van der Waals surface area contributed by atoms with E-state index < -0.39 is 6.09 Å². The van der Waals surface area contributed by atoms with Gasteiger partial charge in [0.25, 0.3) is 0 Å². The van der Waals surface area contributed by atoms with Crippen molar-refractivity contribution in [2.24, 2.45) is 0 Å². The van der Waals surface area contributed by atoms with Crippen molar-refractivity contribution in [1.29, 1.82) is 0 Å². The molecule has 2 heterocycles. The van der Waals surface area contributed by atoms with E-state index in [2.05, 4.69) is 31.2 Å². The Balaban J connectivity index is 1.75. The highest BCUT2D eigenvalue weighted by Crippen LogP contribution is 2.20. The highest BCUT2D eigenvalue weighted by atomic mass is 79.9. The van der Waals surface area contributed by atoms with Crippen molar-refractivity contribution in [2.45, 2.75) is 18.9 Å². The van der Waals surface area contributed by atoms with Crippen LogP contribution in [0.2, 0.25) is 0 Å². The molecule has 0 saturated carbocycles. The number of fused-ring (bicyclic) bond motifs is 1. The Morgan fingerprint density at radius 2 is 2.33 bits per heavy atom. The summed E-state index contributed by atoms with van der Waals surface area (Å²) in [6, 6.07) is 5.89. The number of carbonyl (C=O) groups is 1. The van der Waals surface area contributed by atoms with Gasteiger partial charge in [-0.05, 0) is 31.0 Å². The summed E-state index contributed by atoms with van der Waals surface area (Å²) in [7, 11) is 0. The van der Waals surface area contributed by atoms with Crippen molar-refractivity contribution >= 4 is 38.9 Å². The standard InChI is InChI=1S/C14H15BrN4O2/c15-10-3-4-12-9(6-10)7-16-13(18-12)17-11-2-1-5-19(8-11)14(20)21/h3-4,6-7,11H,1-2,5,8H2,(H,20,21)(H,16,17,18)/t11-/m0/s1. The van der Waals surface area contributed by atoms with Crippen molar-refractivity contribution in [2.75, 3.05) is 18.4 Å². The molecule has 1 aliphatic heterocycles. The summed E-state index contributed by atoms with van der Waals surface area (Å²) in [5.74, 6) is 0.544. The molecule has 3 rings (SSSR count). The van der Waals surface area contributed by atoms with Crippen LogP contribution < -0.4 is 5.32 Å². The van der Waals surface area contributed by atoms with Crippen LogP contribution in [-0.2, 0) is 0 Å². The molecule has 2 aromatic rings. The molecule has 1 atom stereocenters. The molecule has 7 heteroatoms. The largest absolute Gasteiger partial charge is 0.465 e. The van der Waals surface area contributed by atoms with Crippen molar-refractivity contribution in [3.63, 3.8) is 0 Å². The highest BCUT2D eigenvalue weighted by Gasteiger charge is 2.23. The fourth-order valence-corrected chi connectivity index (χ4v) is 2.90. The predicted molar refractivity (Wildman–Crippen MR) is 83.5 cm³/mol. The van der Waals surface area contributed by atoms with E-state index in [-0.39, 0.29) is 6.04 Å². The van der Waals surface area contributed by atoms with Gasteiger partial charge in [0.1, 0.15) is 0 Å². The number of hydrogen-bond donors (Lipinski definition) is 2. The third-order valence-corrected chi connectivity index (χ3v) is 4.06. The van der Waals surface area contributed by atoms with Crippen molar-refractivity contribution < 1.29 is 9.90 Å². The number of carboxylic acid groups (broad SMARTS) is 1. The number of nitrogens with zero attached hydrogens (tertiary/aromatic N) is 3. The monoisotopic (exact) mass is 350 g/mol. The zero-order valence-electron chi connectivity index (χ0n) is 11.3. The number of rotatable bonds is 2. The lowest BCUT2D eigenvalue weighted by Gasteiger charge is -2.31. The Morgan fingerprint density at radius 3 is 3.14 bits per heavy atom. The fourth-order valence-electron chi connectivity index (χ4n) is 2.53. The van der Waals surface area contributed by atoms with E-state index in [9.17, 15) is 4.79 Å². The molecule has 6 nitrogen and oxygen atoms in total. The predicted octanol–water partition coefficient (Wildman–Crippen LogP) is 2.95. The summed E-state index contributed by atoms with van der Waals surface area (Å²) in [5.41, 5.74) is 0.863. The number of benzene rings is 1. The molecule has 1 aromatic heterocycles. The Bertz CT molecular complexity index is 679. The van der Waals surface area contributed by atoms with Crippen LogP contribution in [-0.4, -0.2) is 45.2 Å². The number of piperidine rings is 1. The van der Waals surface area contributed by atoms with Crippen molar-refractivity contribution in [1.82, 2.24) is 14.9 Å². The van der Waals surface area contributed by atoms with Gasteiger partial charge >= 0.3 is 6.09 Å². The van der Waals surface area contributed by atoms with Crippen LogP contribution in [0.5, 0.6) is 0 Å². The average molecular weight is 351 g/mol. The molecule has 110 valence electrons. The quantitative estimate of drug-likeness (QED) is 0.870. The van der Waals surface area contributed by atoms with Gasteiger partial charge in [-0.1, -0.05) is 15.9 Å². The molecule has 1 fully saturated rings. The number of anilines is 1. The fraction of sp³-hybridized carbons (Fsp3) is 0.357. The molecule has 2 N–H and O–H groups in total. The molecule has 21 heavy (non-hydrogen) atoms. The normalized spacial score (nSPS) is 18.7. The Hall–Kier alpha value is -1.89. The molecule has 0 radical (unpaired) electrons. The van der Waals surface area contributed by atoms with E-state index in [4.69, 9.17) is 5.11 Å². The van der Waals surface area contributed by atoms with E-state index in [0.29, 0.717) is 19.0 Å². The third kappa shape index (κ3) is 3.24. The minimum Gasteiger partial charge on any atom is -0.465 e. The highest BCUT2D eigenvalue weighted by molar-refractivity contribution is 9.10. The summed E-state index contributed by atoms with van der Waals surface area (Å²) in [6.07, 6.45) is 2.68. The van der Waals surface area contributed by atoms with Gasteiger partial charge in [-0.15, -0.1) is 0 Å². The van der Waals surface area contributed by atoms with Gasteiger partial charge in [0.15, 0.2) is 0 Å². The van der Waals surface area contributed by atoms with Crippen LogP contribution >= 0.6 is 15.9 Å². The molecule has 0 spiro atoms. The maximum absolute atomic E-state index is 11.0. The summed E-state index contributed by atoms with van der Waals surface area (Å²) in [6.45, 7) is 1.07. The first kappa shape index (κ1) is 14.1. The van der Waals surface area contributed by atoms with Crippen molar-refractivity contribution in [3.05, 3.63) is 28.9 Å². The number of amides is 1. The average Bonchev–Trinajstić information content (AvgIpc) is 2.48. The second-order valence-corrected chi connectivity index (χ2v) is 6.02. The number of halogens is 1. The topological polar surface area (TPSA) is 78.4 Å².